The SMILES string of the molecule is CC1COC(=O)O1.COCCOC. The zero-order valence-electron chi connectivity index (χ0n) is 8.24. The lowest BCUT2D eigenvalue weighted by molar-refractivity contribution is 0.103. The quantitative estimate of drug-likeness (QED) is 0.489. The third-order valence-corrected chi connectivity index (χ3v) is 1.22. The molecule has 0 radical (unpaired) electrons. The van der Waals surface area contributed by atoms with Gasteiger partial charge >= 0.3 is 6.16 Å². The van der Waals surface area contributed by atoms with Gasteiger partial charge in [0, 0.05) is 14.2 Å². The Balaban J connectivity index is 0.000000226. The molecule has 0 amide bonds. The van der Waals surface area contributed by atoms with Crippen LogP contribution >= 0.6 is 0 Å². The molecule has 78 valence electrons. The van der Waals surface area contributed by atoms with Gasteiger partial charge < -0.3 is 18.9 Å². The maximum atomic E-state index is 10.0. The van der Waals surface area contributed by atoms with Gasteiger partial charge in [-0.25, -0.2) is 4.79 Å². The van der Waals surface area contributed by atoms with Gasteiger partial charge in [-0.1, -0.05) is 0 Å². The van der Waals surface area contributed by atoms with E-state index in [4.69, 9.17) is 0 Å². The second-order valence-corrected chi connectivity index (χ2v) is 2.48. The van der Waals surface area contributed by atoms with Crippen LogP contribution in [-0.4, -0.2) is 46.3 Å². The van der Waals surface area contributed by atoms with E-state index >= 15 is 0 Å². The summed E-state index contributed by atoms with van der Waals surface area (Å²) in [5, 5.41) is 0. The van der Waals surface area contributed by atoms with E-state index in [0.717, 1.165) is 0 Å². The number of rotatable bonds is 3. The molecule has 0 bridgehead atoms. The summed E-state index contributed by atoms with van der Waals surface area (Å²) >= 11 is 0. The summed E-state index contributed by atoms with van der Waals surface area (Å²) < 4.78 is 18.2. The first-order chi connectivity index (χ1) is 6.20. The molecule has 1 fully saturated rings. The highest BCUT2D eigenvalue weighted by molar-refractivity contribution is 5.61. The van der Waals surface area contributed by atoms with E-state index < -0.39 is 6.16 Å². The maximum absolute atomic E-state index is 10.0. The minimum Gasteiger partial charge on any atom is -0.430 e. The van der Waals surface area contributed by atoms with Gasteiger partial charge in [-0.15, -0.1) is 0 Å². The Morgan fingerprint density at radius 2 is 1.92 bits per heavy atom. The van der Waals surface area contributed by atoms with Crippen molar-refractivity contribution < 1.29 is 23.7 Å². The molecule has 1 aliphatic rings. The molecule has 0 spiro atoms. The van der Waals surface area contributed by atoms with Crippen LogP contribution in [0.25, 0.3) is 0 Å². The van der Waals surface area contributed by atoms with Crippen molar-refractivity contribution in [1.82, 2.24) is 0 Å². The van der Waals surface area contributed by atoms with E-state index in [1.54, 1.807) is 21.1 Å². The van der Waals surface area contributed by atoms with Crippen molar-refractivity contribution in [3.05, 3.63) is 0 Å². The Labute approximate surface area is 77.9 Å². The van der Waals surface area contributed by atoms with Crippen LogP contribution in [0, 0.1) is 0 Å². The number of methoxy groups -OCH3 is 2. The monoisotopic (exact) mass is 192 g/mol. The van der Waals surface area contributed by atoms with Crippen LogP contribution in [0.15, 0.2) is 0 Å². The highest BCUT2D eigenvalue weighted by atomic mass is 16.8. The van der Waals surface area contributed by atoms with Gasteiger partial charge in [0.25, 0.3) is 0 Å². The van der Waals surface area contributed by atoms with Crippen molar-refractivity contribution in [2.45, 2.75) is 13.0 Å². The first-order valence-corrected chi connectivity index (χ1v) is 4.02. The molecular formula is C8H16O5. The van der Waals surface area contributed by atoms with Crippen molar-refractivity contribution >= 4 is 6.16 Å². The lowest BCUT2D eigenvalue weighted by Gasteiger charge is -1.91. The van der Waals surface area contributed by atoms with Crippen LogP contribution in [0.4, 0.5) is 4.79 Å². The fraction of sp³-hybridized carbons (Fsp3) is 0.875. The minimum atomic E-state index is -0.549. The molecule has 0 aliphatic carbocycles. The fourth-order valence-corrected chi connectivity index (χ4v) is 0.584. The van der Waals surface area contributed by atoms with Crippen LogP contribution in [0.2, 0.25) is 0 Å². The molecule has 5 heteroatoms. The minimum absolute atomic E-state index is 0.0486. The number of carbonyl (C=O) groups excluding carboxylic acids is 1. The van der Waals surface area contributed by atoms with Crippen LogP contribution in [0.5, 0.6) is 0 Å². The molecule has 1 aliphatic heterocycles. The first-order valence-electron chi connectivity index (χ1n) is 4.02. The van der Waals surface area contributed by atoms with Crippen LogP contribution in [0.3, 0.4) is 0 Å². The summed E-state index contributed by atoms with van der Waals surface area (Å²) in [5.74, 6) is 0. The van der Waals surface area contributed by atoms with Crippen LogP contribution in [-0.2, 0) is 18.9 Å². The summed E-state index contributed by atoms with van der Waals surface area (Å²) in [6, 6.07) is 0. The van der Waals surface area contributed by atoms with Crippen molar-refractivity contribution in [2.75, 3.05) is 34.0 Å². The van der Waals surface area contributed by atoms with E-state index in [2.05, 4.69) is 18.9 Å². The zero-order valence-corrected chi connectivity index (χ0v) is 8.24. The number of ether oxygens (including phenoxy) is 4. The van der Waals surface area contributed by atoms with E-state index in [1.165, 1.54) is 0 Å². The molecule has 1 unspecified atom stereocenters. The molecule has 13 heavy (non-hydrogen) atoms. The Morgan fingerprint density at radius 3 is 2.08 bits per heavy atom. The van der Waals surface area contributed by atoms with Crippen molar-refractivity contribution in [1.29, 1.82) is 0 Å². The molecule has 0 N–H and O–H groups in total. The van der Waals surface area contributed by atoms with Gasteiger partial charge in [-0.2, -0.15) is 0 Å². The van der Waals surface area contributed by atoms with Crippen molar-refractivity contribution in [2.24, 2.45) is 0 Å². The van der Waals surface area contributed by atoms with Gasteiger partial charge in [-0.05, 0) is 6.92 Å². The van der Waals surface area contributed by atoms with E-state index in [1.807, 2.05) is 0 Å². The molecular weight excluding hydrogens is 176 g/mol. The predicted octanol–water partition coefficient (Wildman–Crippen LogP) is 0.821. The summed E-state index contributed by atoms with van der Waals surface area (Å²) in [6.07, 6.45) is -0.597. The third-order valence-electron chi connectivity index (χ3n) is 1.22. The van der Waals surface area contributed by atoms with E-state index in [9.17, 15) is 4.79 Å². The molecule has 1 heterocycles. The van der Waals surface area contributed by atoms with Gasteiger partial charge in [0.15, 0.2) is 0 Å². The summed E-state index contributed by atoms with van der Waals surface area (Å²) in [6.45, 7) is 3.57. The second kappa shape index (κ2) is 7.82. The van der Waals surface area contributed by atoms with Crippen molar-refractivity contribution in [3.8, 4) is 0 Å². The van der Waals surface area contributed by atoms with Gasteiger partial charge in [0.2, 0.25) is 0 Å². The maximum Gasteiger partial charge on any atom is 0.508 e. The fourth-order valence-electron chi connectivity index (χ4n) is 0.584. The summed E-state index contributed by atoms with van der Waals surface area (Å²) in [5.41, 5.74) is 0. The average Bonchev–Trinajstić information content (AvgIpc) is 2.47. The molecule has 0 aromatic rings. The normalized spacial score (nSPS) is 19.9. The Morgan fingerprint density at radius 1 is 1.38 bits per heavy atom. The first kappa shape index (κ1) is 12.2. The largest absolute Gasteiger partial charge is 0.508 e. The molecule has 1 rings (SSSR count). The molecule has 5 nitrogen and oxygen atoms in total. The molecule has 1 saturated heterocycles. The van der Waals surface area contributed by atoms with E-state index in [-0.39, 0.29) is 6.10 Å². The lowest BCUT2D eigenvalue weighted by Crippen LogP contribution is -2.01. The van der Waals surface area contributed by atoms with Gasteiger partial charge in [0.05, 0.1) is 13.2 Å². The number of hydrogen-bond acceptors (Lipinski definition) is 5. The topological polar surface area (TPSA) is 54.0 Å². The van der Waals surface area contributed by atoms with Crippen LogP contribution < -0.4 is 0 Å². The average molecular weight is 192 g/mol. The number of cyclic esters (lactones) is 2. The Bertz CT molecular complexity index is 132. The summed E-state index contributed by atoms with van der Waals surface area (Å²) in [4.78, 5) is 10.0. The smallest absolute Gasteiger partial charge is 0.430 e. The lowest BCUT2D eigenvalue weighted by atomic mass is 10.5. The molecule has 0 saturated carbocycles. The van der Waals surface area contributed by atoms with E-state index in [0.29, 0.717) is 19.8 Å². The molecule has 1 atom stereocenters. The summed E-state index contributed by atoms with van der Waals surface area (Å²) in [7, 11) is 3.30. The third kappa shape index (κ3) is 7.55. The number of hydrogen-bond donors (Lipinski definition) is 0. The number of carbonyl (C=O) groups is 1. The Kier molecular flexibility index (Phi) is 7.33. The predicted molar refractivity (Wildman–Crippen MR) is 45.6 cm³/mol. The van der Waals surface area contributed by atoms with Crippen LogP contribution in [0.1, 0.15) is 6.92 Å². The zero-order chi connectivity index (χ0) is 10.1. The Hall–Kier alpha value is -0.810. The molecule has 0 aromatic heterocycles. The van der Waals surface area contributed by atoms with Crippen molar-refractivity contribution in [3.63, 3.8) is 0 Å². The molecule has 0 aromatic carbocycles. The van der Waals surface area contributed by atoms with Gasteiger partial charge in [0.1, 0.15) is 12.7 Å². The second-order valence-electron chi connectivity index (χ2n) is 2.48. The van der Waals surface area contributed by atoms with Gasteiger partial charge in [-0.3, -0.25) is 0 Å². The standard InChI is InChI=1S/C4H6O3.C4H10O2/c1-3-2-6-4(5)7-3;1-5-3-4-6-2/h3H,2H2,1H3;3-4H2,1-2H3. The highest BCUT2D eigenvalue weighted by Gasteiger charge is 2.19. The highest BCUT2D eigenvalue weighted by Crippen LogP contribution is 2.02.